The molecule has 1 amide bonds. The first-order valence-corrected chi connectivity index (χ1v) is 7.74. The van der Waals surface area contributed by atoms with Crippen molar-refractivity contribution < 1.29 is 18.0 Å². The summed E-state index contributed by atoms with van der Waals surface area (Å²) in [5.74, 6) is -0.256. The van der Waals surface area contributed by atoms with Crippen LogP contribution in [0, 0.1) is 0 Å². The van der Waals surface area contributed by atoms with E-state index in [0.717, 1.165) is 11.6 Å². The largest absolute Gasteiger partial charge is 0.418 e. The third-order valence-corrected chi connectivity index (χ3v) is 3.83. The molecule has 6 heteroatoms. The van der Waals surface area contributed by atoms with Gasteiger partial charge in [0.2, 0.25) is 5.91 Å². The number of fused-ring (bicyclic) bond motifs is 1. The lowest BCUT2D eigenvalue weighted by Gasteiger charge is -2.12. The Morgan fingerprint density at radius 2 is 1.76 bits per heavy atom. The molecular weight excluding hydrogens is 329 g/mol. The molecule has 1 N–H and O–H groups in total. The van der Waals surface area contributed by atoms with Crippen LogP contribution in [0.4, 0.5) is 18.9 Å². The SMILES string of the molecule is O=C(CCc1ccccc1)Nc1ccnc2c(C(F)(F)F)cccc12. The summed E-state index contributed by atoms with van der Waals surface area (Å²) in [6.07, 6.45) is -2.43. The van der Waals surface area contributed by atoms with Crippen LogP contribution < -0.4 is 5.32 Å². The maximum absolute atomic E-state index is 13.1. The third-order valence-electron chi connectivity index (χ3n) is 3.83. The highest BCUT2D eigenvalue weighted by molar-refractivity contribution is 6.01. The Hall–Kier alpha value is -2.89. The average molecular weight is 344 g/mol. The first kappa shape index (κ1) is 17.0. The number of alkyl halides is 3. The lowest BCUT2D eigenvalue weighted by molar-refractivity contribution is -0.136. The van der Waals surface area contributed by atoms with Crippen molar-refractivity contribution in [1.82, 2.24) is 4.98 Å². The zero-order valence-electron chi connectivity index (χ0n) is 13.2. The van der Waals surface area contributed by atoms with Crippen molar-refractivity contribution in [2.45, 2.75) is 19.0 Å². The van der Waals surface area contributed by atoms with Gasteiger partial charge in [-0.2, -0.15) is 13.2 Å². The molecule has 0 radical (unpaired) electrons. The fraction of sp³-hybridized carbons (Fsp3) is 0.158. The monoisotopic (exact) mass is 344 g/mol. The third kappa shape index (κ3) is 3.96. The fourth-order valence-corrected chi connectivity index (χ4v) is 2.63. The number of benzene rings is 2. The van der Waals surface area contributed by atoms with Crippen LogP contribution in [0.25, 0.3) is 10.9 Å². The second kappa shape index (κ2) is 6.93. The second-order valence-corrected chi connectivity index (χ2v) is 5.59. The predicted molar refractivity (Wildman–Crippen MR) is 90.1 cm³/mol. The minimum absolute atomic E-state index is 0.171. The molecule has 3 aromatic rings. The number of nitrogens with zero attached hydrogens (tertiary/aromatic N) is 1. The molecule has 128 valence electrons. The molecule has 3 nitrogen and oxygen atoms in total. The van der Waals surface area contributed by atoms with Crippen molar-refractivity contribution in [2.75, 3.05) is 5.32 Å². The van der Waals surface area contributed by atoms with Crippen LogP contribution in [-0.4, -0.2) is 10.9 Å². The normalized spacial score (nSPS) is 11.5. The lowest BCUT2D eigenvalue weighted by Crippen LogP contribution is -2.13. The van der Waals surface area contributed by atoms with Crippen LogP contribution in [0.15, 0.2) is 60.8 Å². The van der Waals surface area contributed by atoms with Crippen molar-refractivity contribution in [3.63, 3.8) is 0 Å². The summed E-state index contributed by atoms with van der Waals surface area (Å²) in [6.45, 7) is 0. The molecule has 0 saturated carbocycles. The molecule has 25 heavy (non-hydrogen) atoms. The van der Waals surface area contributed by atoms with Crippen LogP contribution in [0.2, 0.25) is 0 Å². The molecule has 0 atom stereocenters. The molecule has 0 unspecified atom stereocenters. The van der Waals surface area contributed by atoms with E-state index in [-0.39, 0.29) is 23.2 Å². The standard InChI is InChI=1S/C19H15F3N2O/c20-19(21,22)15-8-4-7-14-16(11-12-23-18(14)15)24-17(25)10-9-13-5-2-1-3-6-13/h1-8,11-12H,9-10H2,(H,23,24,25). The number of carbonyl (C=O) groups is 1. The zero-order valence-corrected chi connectivity index (χ0v) is 13.2. The summed E-state index contributed by atoms with van der Waals surface area (Å²) >= 11 is 0. The number of aryl methyl sites for hydroxylation is 1. The minimum atomic E-state index is -4.50. The molecule has 0 spiro atoms. The van der Waals surface area contributed by atoms with Crippen LogP contribution >= 0.6 is 0 Å². The lowest BCUT2D eigenvalue weighted by atomic mass is 10.1. The van der Waals surface area contributed by atoms with E-state index in [4.69, 9.17) is 0 Å². The maximum Gasteiger partial charge on any atom is 0.418 e. The predicted octanol–water partition coefficient (Wildman–Crippen LogP) is 4.82. The van der Waals surface area contributed by atoms with E-state index in [2.05, 4.69) is 10.3 Å². The number of anilines is 1. The van der Waals surface area contributed by atoms with E-state index < -0.39 is 11.7 Å². The Balaban J connectivity index is 1.81. The van der Waals surface area contributed by atoms with Crippen molar-refractivity contribution in [3.8, 4) is 0 Å². The molecule has 0 aliphatic rings. The number of rotatable bonds is 4. The number of halogens is 3. The maximum atomic E-state index is 13.1. The topological polar surface area (TPSA) is 42.0 Å². The van der Waals surface area contributed by atoms with E-state index in [0.29, 0.717) is 12.1 Å². The Labute approximate surface area is 142 Å². The molecule has 0 bridgehead atoms. The molecule has 0 saturated heterocycles. The number of aromatic nitrogens is 1. The van der Waals surface area contributed by atoms with Gasteiger partial charge in [0, 0.05) is 18.0 Å². The van der Waals surface area contributed by atoms with E-state index in [1.807, 2.05) is 30.3 Å². The molecule has 1 aromatic heterocycles. The molecule has 3 rings (SSSR count). The van der Waals surface area contributed by atoms with Gasteiger partial charge in [0.15, 0.2) is 0 Å². The Kier molecular flexibility index (Phi) is 4.70. The summed E-state index contributed by atoms with van der Waals surface area (Å²) in [5.41, 5.74) is 0.368. The van der Waals surface area contributed by atoms with Crippen molar-refractivity contribution in [2.24, 2.45) is 0 Å². The summed E-state index contributed by atoms with van der Waals surface area (Å²) in [5, 5.41) is 2.96. The van der Waals surface area contributed by atoms with Gasteiger partial charge in [-0.25, -0.2) is 0 Å². The molecule has 0 fully saturated rings. The molecule has 1 heterocycles. The van der Waals surface area contributed by atoms with Gasteiger partial charge >= 0.3 is 6.18 Å². The van der Waals surface area contributed by atoms with Gasteiger partial charge in [-0.05, 0) is 24.1 Å². The Bertz CT molecular complexity index is 892. The summed E-state index contributed by atoms with van der Waals surface area (Å²) < 4.78 is 39.3. The van der Waals surface area contributed by atoms with Gasteiger partial charge in [-0.1, -0.05) is 42.5 Å². The highest BCUT2D eigenvalue weighted by atomic mass is 19.4. The van der Waals surface area contributed by atoms with Gasteiger partial charge in [0.05, 0.1) is 16.8 Å². The van der Waals surface area contributed by atoms with Crippen molar-refractivity contribution in [1.29, 1.82) is 0 Å². The van der Waals surface area contributed by atoms with Crippen LogP contribution in [-0.2, 0) is 17.4 Å². The zero-order chi connectivity index (χ0) is 17.9. The second-order valence-electron chi connectivity index (χ2n) is 5.59. The number of hydrogen-bond donors (Lipinski definition) is 1. The molecule has 0 aliphatic heterocycles. The number of pyridine rings is 1. The van der Waals surface area contributed by atoms with Gasteiger partial charge in [-0.3, -0.25) is 9.78 Å². The first-order chi connectivity index (χ1) is 11.9. The smallest absolute Gasteiger partial charge is 0.325 e. The van der Waals surface area contributed by atoms with Crippen LogP contribution in [0.5, 0.6) is 0 Å². The summed E-state index contributed by atoms with van der Waals surface area (Å²) in [7, 11) is 0. The number of hydrogen-bond acceptors (Lipinski definition) is 2. The van der Waals surface area contributed by atoms with E-state index >= 15 is 0 Å². The number of amides is 1. The first-order valence-electron chi connectivity index (χ1n) is 7.74. The minimum Gasteiger partial charge on any atom is -0.325 e. The summed E-state index contributed by atoms with van der Waals surface area (Å²) in [6, 6.07) is 14.8. The quantitative estimate of drug-likeness (QED) is 0.737. The Morgan fingerprint density at radius 1 is 1.00 bits per heavy atom. The van der Waals surface area contributed by atoms with Crippen molar-refractivity contribution in [3.05, 3.63) is 71.9 Å². The molecular formula is C19H15F3N2O. The van der Waals surface area contributed by atoms with Gasteiger partial charge in [0.1, 0.15) is 0 Å². The van der Waals surface area contributed by atoms with Gasteiger partial charge < -0.3 is 5.32 Å². The highest BCUT2D eigenvalue weighted by Gasteiger charge is 2.33. The van der Waals surface area contributed by atoms with Crippen LogP contribution in [0.3, 0.4) is 0 Å². The van der Waals surface area contributed by atoms with Crippen molar-refractivity contribution >= 4 is 22.5 Å². The number of para-hydroxylation sites is 1. The van der Waals surface area contributed by atoms with Gasteiger partial charge in [0.25, 0.3) is 0 Å². The van der Waals surface area contributed by atoms with E-state index in [9.17, 15) is 18.0 Å². The average Bonchev–Trinajstić information content (AvgIpc) is 2.60. The van der Waals surface area contributed by atoms with E-state index in [1.54, 1.807) is 0 Å². The Morgan fingerprint density at radius 3 is 2.48 bits per heavy atom. The fourth-order valence-electron chi connectivity index (χ4n) is 2.63. The highest BCUT2D eigenvalue weighted by Crippen LogP contribution is 2.35. The molecule has 0 aliphatic carbocycles. The van der Waals surface area contributed by atoms with Crippen LogP contribution in [0.1, 0.15) is 17.5 Å². The summed E-state index contributed by atoms with van der Waals surface area (Å²) in [4.78, 5) is 16.0. The van der Waals surface area contributed by atoms with Gasteiger partial charge in [-0.15, -0.1) is 0 Å². The number of nitrogens with one attached hydrogen (secondary N) is 1. The number of carbonyl (C=O) groups excluding carboxylic acids is 1. The molecule has 2 aromatic carbocycles. The van der Waals surface area contributed by atoms with E-state index in [1.165, 1.54) is 24.4 Å².